The summed E-state index contributed by atoms with van der Waals surface area (Å²) in [7, 11) is 0. The average molecular weight is 273 g/mol. The number of hydrogen-bond acceptors (Lipinski definition) is 4. The molecule has 1 heterocycles. The molecule has 0 fully saturated rings. The van der Waals surface area contributed by atoms with Gasteiger partial charge in [0.25, 0.3) is 0 Å². The van der Waals surface area contributed by atoms with Crippen molar-refractivity contribution >= 4 is 0 Å². The van der Waals surface area contributed by atoms with E-state index >= 15 is 0 Å². The number of rotatable bonds is 6. The Morgan fingerprint density at radius 2 is 1.85 bits per heavy atom. The SMILES string of the molecule is Cc1ccc(-c2noc(CCC(C)(C)CCN)n2)cc1. The van der Waals surface area contributed by atoms with E-state index in [1.165, 1.54) is 5.56 Å². The summed E-state index contributed by atoms with van der Waals surface area (Å²) >= 11 is 0. The van der Waals surface area contributed by atoms with Crippen LogP contribution in [0.3, 0.4) is 0 Å². The molecule has 0 aliphatic rings. The van der Waals surface area contributed by atoms with Gasteiger partial charge in [0.2, 0.25) is 11.7 Å². The molecule has 0 amide bonds. The second-order valence-electron chi connectivity index (χ2n) is 6.08. The van der Waals surface area contributed by atoms with Crippen LogP contribution in [0.5, 0.6) is 0 Å². The van der Waals surface area contributed by atoms with Gasteiger partial charge in [0.05, 0.1) is 0 Å². The lowest BCUT2D eigenvalue weighted by atomic mass is 9.84. The molecule has 2 aromatic rings. The van der Waals surface area contributed by atoms with Crippen LogP contribution >= 0.6 is 0 Å². The van der Waals surface area contributed by atoms with Crippen LogP contribution in [0.4, 0.5) is 0 Å². The molecule has 2 N–H and O–H groups in total. The number of nitrogens with zero attached hydrogens (tertiary/aromatic N) is 2. The standard InChI is InChI=1S/C16H23N3O/c1-12-4-6-13(7-5-12)15-18-14(20-19-15)8-9-16(2,3)10-11-17/h4-7H,8-11,17H2,1-3H3. The van der Waals surface area contributed by atoms with Gasteiger partial charge in [-0.15, -0.1) is 0 Å². The highest BCUT2D eigenvalue weighted by atomic mass is 16.5. The van der Waals surface area contributed by atoms with Gasteiger partial charge in [-0.1, -0.05) is 48.8 Å². The third kappa shape index (κ3) is 3.90. The maximum Gasteiger partial charge on any atom is 0.226 e. The molecule has 0 aliphatic carbocycles. The smallest absolute Gasteiger partial charge is 0.226 e. The molecular weight excluding hydrogens is 250 g/mol. The molecular formula is C16H23N3O. The van der Waals surface area contributed by atoms with Gasteiger partial charge in [-0.3, -0.25) is 0 Å². The van der Waals surface area contributed by atoms with Crippen LogP contribution in [0.1, 0.15) is 38.1 Å². The normalized spacial score (nSPS) is 11.8. The first kappa shape index (κ1) is 14.7. The summed E-state index contributed by atoms with van der Waals surface area (Å²) in [6.07, 6.45) is 2.80. The fraction of sp³-hybridized carbons (Fsp3) is 0.500. The molecule has 2 rings (SSSR count). The van der Waals surface area contributed by atoms with Crippen molar-refractivity contribution in [3.05, 3.63) is 35.7 Å². The van der Waals surface area contributed by atoms with E-state index in [9.17, 15) is 0 Å². The molecule has 1 aromatic carbocycles. The maximum atomic E-state index is 5.62. The Labute approximate surface area is 120 Å². The van der Waals surface area contributed by atoms with Crippen LogP contribution in [0.2, 0.25) is 0 Å². The third-order valence-corrected chi connectivity index (χ3v) is 3.61. The number of hydrogen-bond donors (Lipinski definition) is 1. The van der Waals surface area contributed by atoms with Crippen LogP contribution in [0, 0.1) is 12.3 Å². The zero-order valence-corrected chi connectivity index (χ0v) is 12.5. The van der Waals surface area contributed by atoms with Crippen molar-refractivity contribution in [2.45, 2.75) is 40.0 Å². The summed E-state index contributed by atoms with van der Waals surface area (Å²) in [5, 5.41) is 4.05. The van der Waals surface area contributed by atoms with Crippen molar-refractivity contribution in [1.29, 1.82) is 0 Å². The van der Waals surface area contributed by atoms with Crippen LogP contribution in [-0.4, -0.2) is 16.7 Å². The summed E-state index contributed by atoms with van der Waals surface area (Å²) in [4.78, 5) is 4.46. The monoisotopic (exact) mass is 273 g/mol. The summed E-state index contributed by atoms with van der Waals surface area (Å²) in [5.74, 6) is 1.36. The van der Waals surface area contributed by atoms with Crippen LogP contribution in [0.25, 0.3) is 11.4 Å². The Bertz CT molecular complexity index is 543. The lowest BCUT2D eigenvalue weighted by Crippen LogP contribution is -2.17. The van der Waals surface area contributed by atoms with Gasteiger partial charge in [-0.25, -0.2) is 0 Å². The molecule has 4 heteroatoms. The van der Waals surface area contributed by atoms with Crippen LogP contribution in [-0.2, 0) is 6.42 Å². The van der Waals surface area contributed by atoms with Gasteiger partial charge in [0.1, 0.15) is 0 Å². The molecule has 0 bridgehead atoms. The zero-order valence-electron chi connectivity index (χ0n) is 12.5. The fourth-order valence-electron chi connectivity index (χ4n) is 2.14. The summed E-state index contributed by atoms with van der Waals surface area (Å²) in [6, 6.07) is 8.14. The minimum atomic E-state index is 0.216. The highest BCUT2D eigenvalue weighted by Gasteiger charge is 2.18. The minimum Gasteiger partial charge on any atom is -0.339 e. The van der Waals surface area contributed by atoms with E-state index in [1.807, 2.05) is 12.1 Å². The molecule has 0 aliphatic heterocycles. The zero-order chi connectivity index (χ0) is 14.6. The van der Waals surface area contributed by atoms with E-state index in [2.05, 4.69) is 43.0 Å². The highest BCUT2D eigenvalue weighted by Crippen LogP contribution is 2.26. The molecule has 1 aromatic heterocycles. The second kappa shape index (κ2) is 6.18. The van der Waals surface area contributed by atoms with Gasteiger partial charge in [0, 0.05) is 12.0 Å². The van der Waals surface area contributed by atoms with Gasteiger partial charge < -0.3 is 10.3 Å². The van der Waals surface area contributed by atoms with E-state index in [1.54, 1.807) is 0 Å². The van der Waals surface area contributed by atoms with Gasteiger partial charge in [0.15, 0.2) is 0 Å². The lowest BCUT2D eigenvalue weighted by molar-refractivity contribution is 0.289. The lowest BCUT2D eigenvalue weighted by Gasteiger charge is -2.22. The first-order valence-corrected chi connectivity index (χ1v) is 7.10. The van der Waals surface area contributed by atoms with Crippen LogP contribution < -0.4 is 5.73 Å². The average Bonchev–Trinajstić information content (AvgIpc) is 2.86. The first-order chi connectivity index (χ1) is 9.50. The van der Waals surface area contributed by atoms with Gasteiger partial charge in [-0.2, -0.15) is 4.98 Å². The summed E-state index contributed by atoms with van der Waals surface area (Å²) in [6.45, 7) is 7.21. The van der Waals surface area contributed by atoms with E-state index in [0.717, 1.165) is 24.8 Å². The van der Waals surface area contributed by atoms with Crippen molar-refractivity contribution in [2.75, 3.05) is 6.54 Å². The molecule has 0 spiro atoms. The summed E-state index contributed by atoms with van der Waals surface area (Å²) in [5.41, 5.74) is 8.06. The Kier molecular flexibility index (Phi) is 4.55. The van der Waals surface area contributed by atoms with E-state index in [-0.39, 0.29) is 5.41 Å². The number of aromatic nitrogens is 2. The first-order valence-electron chi connectivity index (χ1n) is 7.10. The molecule has 0 saturated heterocycles. The summed E-state index contributed by atoms with van der Waals surface area (Å²) < 4.78 is 5.33. The Morgan fingerprint density at radius 1 is 1.15 bits per heavy atom. The van der Waals surface area contributed by atoms with Crippen molar-refractivity contribution in [1.82, 2.24) is 10.1 Å². The quantitative estimate of drug-likeness (QED) is 0.876. The maximum absolute atomic E-state index is 5.62. The number of aryl methyl sites for hydroxylation is 2. The highest BCUT2D eigenvalue weighted by molar-refractivity contribution is 5.54. The third-order valence-electron chi connectivity index (χ3n) is 3.61. The predicted octanol–water partition coefficient (Wildman–Crippen LogP) is 3.35. The molecule has 0 atom stereocenters. The Morgan fingerprint density at radius 3 is 2.50 bits per heavy atom. The Hall–Kier alpha value is -1.68. The van der Waals surface area contributed by atoms with Crippen molar-refractivity contribution in [2.24, 2.45) is 11.1 Å². The number of benzene rings is 1. The topological polar surface area (TPSA) is 64.9 Å². The molecule has 108 valence electrons. The number of nitrogens with two attached hydrogens (primary N) is 1. The van der Waals surface area contributed by atoms with E-state index in [4.69, 9.17) is 10.3 Å². The molecule has 0 unspecified atom stereocenters. The molecule has 0 radical (unpaired) electrons. The largest absolute Gasteiger partial charge is 0.339 e. The van der Waals surface area contributed by atoms with Crippen LogP contribution in [0.15, 0.2) is 28.8 Å². The fourth-order valence-corrected chi connectivity index (χ4v) is 2.14. The van der Waals surface area contributed by atoms with Crippen molar-refractivity contribution in [3.8, 4) is 11.4 Å². The molecule has 4 nitrogen and oxygen atoms in total. The van der Waals surface area contributed by atoms with E-state index < -0.39 is 0 Å². The van der Waals surface area contributed by atoms with Gasteiger partial charge in [-0.05, 0) is 31.7 Å². The molecule has 0 saturated carbocycles. The van der Waals surface area contributed by atoms with Gasteiger partial charge >= 0.3 is 0 Å². The van der Waals surface area contributed by atoms with Crippen molar-refractivity contribution in [3.63, 3.8) is 0 Å². The Balaban J connectivity index is 2.00. The van der Waals surface area contributed by atoms with E-state index in [0.29, 0.717) is 18.3 Å². The minimum absolute atomic E-state index is 0.216. The molecule has 20 heavy (non-hydrogen) atoms. The second-order valence-corrected chi connectivity index (χ2v) is 6.08. The van der Waals surface area contributed by atoms with Crippen molar-refractivity contribution < 1.29 is 4.52 Å². The predicted molar refractivity (Wildman–Crippen MR) is 80.2 cm³/mol.